The number of furan rings is 1. The molecule has 0 saturated heterocycles. The Labute approximate surface area is 744 Å². The molecule has 0 aliphatic carbocycles. The van der Waals surface area contributed by atoms with E-state index in [1.807, 2.05) is 102 Å². The highest BCUT2D eigenvalue weighted by Gasteiger charge is 2.38. The molecule has 0 saturated carbocycles. The number of ether oxygens (including phenoxy) is 2. The maximum atomic E-state index is 12.8. The Morgan fingerprint density at radius 1 is 0.432 bits per heavy atom. The van der Waals surface area contributed by atoms with Gasteiger partial charge >= 0.3 is 12.1 Å². The van der Waals surface area contributed by atoms with Crippen molar-refractivity contribution in [1.82, 2.24) is 102 Å². The molecule has 0 unspecified atom stereocenters. The van der Waals surface area contributed by atoms with Gasteiger partial charge in [-0.25, -0.2) is 105 Å². The normalized spacial score (nSPS) is 10.7. The number of terminal acetylenes is 1. The van der Waals surface area contributed by atoms with E-state index >= 15 is 0 Å². The number of hydrogen-bond donors (Lipinski definition) is 7. The number of carbonyl (C=O) groups excluding carboxylic acids is 1. The van der Waals surface area contributed by atoms with Crippen LogP contribution in [0.1, 0.15) is 140 Å². The van der Waals surface area contributed by atoms with E-state index in [0.717, 1.165) is 33.1 Å². The van der Waals surface area contributed by atoms with Gasteiger partial charge in [-0.2, -0.15) is 13.2 Å². The van der Waals surface area contributed by atoms with Crippen LogP contribution in [0.3, 0.4) is 0 Å². The van der Waals surface area contributed by atoms with E-state index < -0.39 is 29.0 Å². The number of aromatic nitrogens is 21. The van der Waals surface area contributed by atoms with E-state index in [1.54, 1.807) is 26.2 Å². The van der Waals surface area contributed by atoms with E-state index in [4.69, 9.17) is 66.3 Å². The minimum absolute atomic E-state index is 0.00296. The average Bonchev–Trinajstić information content (AvgIpc) is 1.53. The fraction of sp³-hybridized carbons (Fsp3) is 0.244. The Kier molecular flexibility index (Phi) is 30.3. The quantitative estimate of drug-likeness (QED) is 0.0253. The van der Waals surface area contributed by atoms with Gasteiger partial charge in [0.25, 0.3) is 38.9 Å². The number of aryl methyl sites for hydroxylation is 1. The lowest BCUT2D eigenvalue weighted by atomic mass is 10.0. The zero-order valence-electron chi connectivity index (χ0n) is 72.1. The van der Waals surface area contributed by atoms with Gasteiger partial charge in [-0.05, 0) is 70.9 Å². The molecule has 0 aliphatic heterocycles. The average molecular weight is 1790 g/mol. The fourth-order valence-corrected chi connectivity index (χ4v) is 13.8. The molecule has 0 spiro atoms. The maximum absolute atomic E-state index is 12.8. The van der Waals surface area contributed by atoms with Crippen LogP contribution in [0, 0.1) is 65.3 Å². The summed E-state index contributed by atoms with van der Waals surface area (Å²) >= 11 is 0. The minimum atomic E-state index is -4.71. The first-order valence-corrected chi connectivity index (χ1v) is 40.6. The van der Waals surface area contributed by atoms with Crippen LogP contribution < -0.4 is 38.9 Å². The standard InChI is InChI=1S/C16H14N4O.C15H12N4O.C13H14N4O3.C13H10N4O2.C12H14N4O2.C11H8N4O.C10H7F3N4O/c1-3-12-13(9-11-7-5-4-6-8-11)19-15-14(17-2)10-18-20(15)16(12)21;1-3-11-13(10-7-5-4-6-8-10)18-14-12(16-2)9-17-19(14)15(11)20;1-4-6-8-10(13(19)20-5-2)16-11-9(14-3)7-15-17(11)12(8)18;1-3-9-11(8-4-5-19-7-8)16-12-10(14-2)6-15-17(12)13(9)18;1-4-8-10(7-18-5-2)15-11-9(13-3)6-14-16(11)12(8)17;1-4-5-8-7(2)14-10-9(12-3)6-13-15(10)11(8)16;1-3-5-7(10(11,12)13)16-8-6(14-2)4-15-17(8)9(5)18/h4-8,10,18H,3,9H2,1H3;4-9,17H,3H2,1H3;7,15H,4-6H2,1-2H3;4-7,15H,3H2,1H3;6,14H,4-5,7H2,1-2H3;1,6,13H,5H2,2H3;4,15H,3H2,1H3. The van der Waals surface area contributed by atoms with E-state index in [0.29, 0.717) is 171 Å². The Bertz CT molecular complexity index is 8050. The van der Waals surface area contributed by atoms with Crippen molar-refractivity contribution < 1.29 is 31.9 Å². The molecule has 132 heavy (non-hydrogen) atoms. The van der Waals surface area contributed by atoms with Crippen molar-refractivity contribution in [2.75, 3.05) is 13.2 Å². The number of nitrogens with zero attached hydrogens (tertiary/aromatic N) is 21. The topological polar surface area (TPSA) is 430 Å². The van der Waals surface area contributed by atoms with Crippen LogP contribution in [0.15, 0.2) is 161 Å². The summed E-state index contributed by atoms with van der Waals surface area (Å²) in [4.78, 5) is 150. The van der Waals surface area contributed by atoms with Crippen LogP contribution in [0.2, 0.25) is 0 Å². The molecule has 666 valence electrons. The summed E-state index contributed by atoms with van der Waals surface area (Å²) in [5, 5.41) is 18.9. The predicted molar refractivity (Wildman–Crippen MR) is 481 cm³/mol. The highest BCUT2D eigenvalue weighted by atomic mass is 19.4. The summed E-state index contributed by atoms with van der Waals surface area (Å²) < 4.78 is 62.2. The Morgan fingerprint density at radius 3 is 1.17 bits per heavy atom. The molecule has 0 aliphatic rings. The van der Waals surface area contributed by atoms with Gasteiger partial charge in [0.2, 0.25) is 39.8 Å². The second kappa shape index (κ2) is 42.2. The molecule has 0 amide bonds. The summed E-state index contributed by atoms with van der Waals surface area (Å²) in [5.41, 5.74) is 9.01. The summed E-state index contributed by atoms with van der Waals surface area (Å²) in [6.07, 6.45) is 17.8. The minimum Gasteiger partial charge on any atom is -0.472 e. The number of rotatable bonds is 17. The molecule has 15 aromatic heterocycles. The molecule has 2 aromatic carbocycles. The molecule has 15 heterocycles. The summed E-state index contributed by atoms with van der Waals surface area (Å²) in [7, 11) is 0. The number of benzene rings is 2. The van der Waals surface area contributed by atoms with E-state index in [2.05, 4.69) is 110 Å². The first kappa shape index (κ1) is 94.5. The molecule has 0 radical (unpaired) electrons. The third kappa shape index (κ3) is 19.3. The smallest absolute Gasteiger partial charge is 0.433 e. The lowest BCUT2D eigenvalue weighted by Gasteiger charge is -2.10. The van der Waals surface area contributed by atoms with Crippen molar-refractivity contribution in [2.24, 2.45) is 0 Å². The monoisotopic (exact) mass is 1780 g/mol. The first-order chi connectivity index (χ1) is 63.7. The van der Waals surface area contributed by atoms with Crippen molar-refractivity contribution in [1.29, 1.82) is 0 Å². The lowest BCUT2D eigenvalue weighted by Crippen LogP contribution is -2.26. The molecule has 0 bridgehead atoms. The van der Waals surface area contributed by atoms with Crippen LogP contribution >= 0.6 is 0 Å². The molecular weight excluding hydrogens is 1710 g/mol. The van der Waals surface area contributed by atoms with Crippen molar-refractivity contribution in [3.63, 3.8) is 0 Å². The lowest BCUT2D eigenvalue weighted by molar-refractivity contribution is -0.141. The number of fused-ring (bicyclic) bond motifs is 7. The summed E-state index contributed by atoms with van der Waals surface area (Å²) in [6.45, 7) is 66.6. The van der Waals surface area contributed by atoms with Crippen LogP contribution in [0.25, 0.3) is 96.0 Å². The number of H-pyrrole nitrogens is 7. The molecule has 0 fully saturated rings. The molecule has 42 heteroatoms. The van der Waals surface area contributed by atoms with Crippen LogP contribution in [-0.2, 0) is 73.6 Å². The van der Waals surface area contributed by atoms with E-state index in [-0.39, 0.29) is 81.2 Å². The van der Waals surface area contributed by atoms with Crippen molar-refractivity contribution >= 4 is 85.3 Å². The van der Waals surface area contributed by atoms with Crippen LogP contribution in [-0.4, -0.2) is 121 Å². The number of alkyl halides is 3. The summed E-state index contributed by atoms with van der Waals surface area (Å²) in [6, 6.07) is 21.2. The largest absolute Gasteiger partial charge is 0.472 e. The van der Waals surface area contributed by atoms with Gasteiger partial charge in [-0.3, -0.25) is 33.6 Å². The van der Waals surface area contributed by atoms with Gasteiger partial charge in [0.05, 0.1) is 106 Å². The predicted octanol–water partition coefficient (Wildman–Crippen LogP) is 14.5. The van der Waals surface area contributed by atoms with Gasteiger partial charge in [0, 0.05) is 107 Å². The maximum Gasteiger partial charge on any atom is 0.433 e. The van der Waals surface area contributed by atoms with Crippen LogP contribution in [0.5, 0.6) is 0 Å². The highest BCUT2D eigenvalue weighted by molar-refractivity contribution is 5.90. The third-order valence-electron chi connectivity index (χ3n) is 20.2. The second-order valence-corrected chi connectivity index (χ2v) is 27.9. The van der Waals surface area contributed by atoms with Gasteiger partial charge in [0.1, 0.15) is 0 Å². The van der Waals surface area contributed by atoms with Crippen molar-refractivity contribution in [3.8, 4) is 34.9 Å². The number of hydrogen-bond acceptors (Lipinski definition) is 18. The number of aromatic amines is 7. The zero-order valence-corrected chi connectivity index (χ0v) is 72.1. The molecule has 39 nitrogen and oxygen atoms in total. The van der Waals surface area contributed by atoms with Gasteiger partial charge < -0.3 is 49.6 Å². The number of halogens is 3. The second-order valence-electron chi connectivity index (χ2n) is 27.9. The fourth-order valence-electron chi connectivity index (χ4n) is 13.8. The Hall–Kier alpha value is -18.1. The van der Waals surface area contributed by atoms with Crippen molar-refractivity contribution in [2.45, 2.75) is 133 Å². The van der Waals surface area contributed by atoms with E-state index in [1.165, 1.54) is 77.5 Å². The van der Waals surface area contributed by atoms with Crippen LogP contribution in [0.4, 0.5) is 53.0 Å². The number of carbonyl (C=O) groups is 1. The molecule has 17 rings (SSSR count). The van der Waals surface area contributed by atoms with Gasteiger partial charge in [-0.1, -0.05) is 109 Å². The summed E-state index contributed by atoms with van der Waals surface area (Å²) in [5.74, 6) is 1.79. The number of esters is 1. The molecule has 0 atom stereocenters. The molecule has 17 aromatic rings. The number of nitrogens with one attached hydrogen (secondary N) is 7. The molecule has 7 N–H and O–H groups in total. The highest BCUT2D eigenvalue weighted by Crippen LogP contribution is 2.33. The van der Waals surface area contributed by atoms with Gasteiger partial charge in [-0.15, -0.1) is 12.3 Å². The van der Waals surface area contributed by atoms with Crippen molar-refractivity contribution in [3.05, 3.63) is 348 Å². The first-order valence-electron chi connectivity index (χ1n) is 40.6. The molecular formula is C90H79F3N28O11. The van der Waals surface area contributed by atoms with E-state index in [9.17, 15) is 51.5 Å². The van der Waals surface area contributed by atoms with Gasteiger partial charge in [0.15, 0.2) is 50.9 Å². The zero-order chi connectivity index (χ0) is 95.4. The Morgan fingerprint density at radius 2 is 0.788 bits per heavy atom. The SMILES string of the molecule is [C-]#[N+]c1c[nH]n2c(=O)c(CC#C)c(C)nc12.[C-]#[N+]c1c[nH]n2c(=O)c(CC)c(-c3ccccc3)nc12.[C-]#[N+]c1c[nH]n2c(=O)c(CC)c(-c3ccoc3)nc12.[C-]#[N+]c1c[nH]n2c(=O)c(CC)c(C(F)(F)F)nc12.[C-]#[N+]c1c[nH]n2c(=O)c(CC)c(COCC)nc12.[C-]#[N+]c1c[nH]n2c(=O)c(CC)c(Cc3ccccc3)nc12.[C-]#[N+]c1c[nH]n2c(=O)c(CCC)c(C(=O)OCC)nc12. The Balaban J connectivity index is 0.000000149. The third-order valence-corrected chi connectivity index (χ3v) is 20.2.